The van der Waals surface area contributed by atoms with Gasteiger partial charge in [0.15, 0.2) is 10.9 Å². The van der Waals surface area contributed by atoms with Gasteiger partial charge in [-0.15, -0.1) is 0 Å². The molecule has 0 saturated carbocycles. The van der Waals surface area contributed by atoms with Gasteiger partial charge < -0.3 is 13.6 Å². The van der Waals surface area contributed by atoms with Gasteiger partial charge in [-0.25, -0.2) is 0 Å². The van der Waals surface area contributed by atoms with E-state index in [0.29, 0.717) is 26.8 Å². The maximum atomic E-state index is 12.6. The Bertz CT molecular complexity index is 1310. The number of thioether (sulfide) groups is 2. The largest absolute Gasteiger partial charge is 0.486 e. The van der Waals surface area contributed by atoms with E-state index in [-0.39, 0.29) is 18.0 Å². The number of amides is 1. The van der Waals surface area contributed by atoms with E-state index in [2.05, 4.69) is 10.1 Å². The third-order valence-corrected chi connectivity index (χ3v) is 6.58. The molecule has 0 bridgehead atoms. The summed E-state index contributed by atoms with van der Waals surface area (Å²) in [5, 5.41) is 15.9. The van der Waals surface area contributed by atoms with Gasteiger partial charge in [0.1, 0.15) is 28.9 Å². The van der Waals surface area contributed by atoms with Gasteiger partial charge in [0.2, 0.25) is 5.17 Å². The molecule has 0 spiro atoms. The molecule has 2 aromatic heterocycles. The van der Waals surface area contributed by atoms with Crippen LogP contribution in [0, 0.1) is 12.3 Å². The van der Waals surface area contributed by atoms with Gasteiger partial charge in [-0.05, 0) is 60.7 Å². The molecule has 33 heavy (non-hydrogen) atoms. The van der Waals surface area contributed by atoms with Crippen LogP contribution < -0.4 is 4.74 Å². The summed E-state index contributed by atoms with van der Waals surface area (Å²) in [4.78, 5) is 16.7. The maximum absolute atomic E-state index is 12.6. The first-order valence-corrected chi connectivity index (χ1v) is 11.8. The first-order valence-electron chi connectivity index (χ1n) is 9.99. The van der Waals surface area contributed by atoms with Crippen LogP contribution in [0.5, 0.6) is 5.75 Å². The molecule has 1 aromatic carbocycles. The predicted octanol–water partition coefficient (Wildman–Crippen LogP) is 5.17. The van der Waals surface area contributed by atoms with Crippen LogP contribution in [0.4, 0.5) is 0 Å². The third kappa shape index (κ3) is 4.67. The maximum Gasteiger partial charge on any atom is 0.283 e. The van der Waals surface area contributed by atoms with Gasteiger partial charge in [0, 0.05) is 0 Å². The normalized spacial score (nSPS) is 16.8. The third-order valence-electron chi connectivity index (χ3n) is 4.77. The average molecular weight is 479 g/mol. The minimum atomic E-state index is -0.504. The van der Waals surface area contributed by atoms with Crippen molar-refractivity contribution < 1.29 is 18.4 Å². The van der Waals surface area contributed by atoms with Crippen molar-refractivity contribution in [3.8, 4) is 5.75 Å². The fourth-order valence-electron chi connectivity index (χ4n) is 3.12. The van der Waals surface area contributed by atoms with E-state index in [9.17, 15) is 4.79 Å². The highest BCUT2D eigenvalue weighted by molar-refractivity contribution is 8.27. The zero-order valence-corrected chi connectivity index (χ0v) is 19.1. The van der Waals surface area contributed by atoms with Crippen molar-refractivity contribution in [2.45, 2.75) is 17.8 Å². The number of furan rings is 2. The highest BCUT2D eigenvalue weighted by Crippen LogP contribution is 2.30. The molecule has 0 fully saturated rings. The molecule has 1 amide bonds. The van der Waals surface area contributed by atoms with E-state index in [1.54, 1.807) is 12.3 Å². The quantitative estimate of drug-likeness (QED) is 0.369. The minimum Gasteiger partial charge on any atom is -0.486 e. The second kappa shape index (κ2) is 9.16. The molecule has 0 atom stereocenters. The number of para-hydroxylation sites is 1. The van der Waals surface area contributed by atoms with Crippen molar-refractivity contribution in [2.75, 3.05) is 6.61 Å². The Morgan fingerprint density at radius 2 is 2.09 bits per heavy atom. The number of hydrogen-bond acceptors (Lipinski definition) is 8. The van der Waals surface area contributed by atoms with E-state index < -0.39 is 5.91 Å². The molecule has 166 valence electrons. The van der Waals surface area contributed by atoms with E-state index >= 15 is 0 Å². The lowest BCUT2D eigenvalue weighted by Crippen LogP contribution is -2.35. The molecule has 2 aliphatic heterocycles. The van der Waals surface area contributed by atoms with Crippen LogP contribution in [0.25, 0.3) is 6.08 Å². The summed E-state index contributed by atoms with van der Waals surface area (Å²) in [6.45, 7) is 2.19. The summed E-state index contributed by atoms with van der Waals surface area (Å²) in [5.74, 6) is 2.14. The van der Waals surface area contributed by atoms with Crippen molar-refractivity contribution in [2.24, 2.45) is 10.1 Å². The Morgan fingerprint density at radius 1 is 1.21 bits per heavy atom. The number of rotatable bonds is 7. The monoisotopic (exact) mass is 478 g/mol. The molecule has 0 saturated heterocycles. The number of aliphatic imine (C=N–C) groups is 1. The van der Waals surface area contributed by atoms with Gasteiger partial charge >= 0.3 is 0 Å². The average Bonchev–Trinajstić information content (AvgIpc) is 3.56. The molecule has 0 unspecified atom stereocenters. The summed E-state index contributed by atoms with van der Waals surface area (Å²) in [6.07, 6.45) is 3.15. The van der Waals surface area contributed by atoms with Crippen molar-refractivity contribution in [3.63, 3.8) is 0 Å². The lowest BCUT2D eigenvalue weighted by molar-refractivity contribution is -0.114. The Morgan fingerprint density at radius 3 is 2.91 bits per heavy atom. The number of nitrogens with one attached hydrogen (secondary N) is 1. The number of benzene rings is 1. The standard InChI is InChI=1S/C23H18N4O4S2/c1-14-5-2-3-7-18(14)30-12-19-26-27-21(24)17(22(28)25-23(27)33-19)11-15-8-9-20(31-15)32-13-16-6-4-10-29-16/h2-11,24H,12-13H2,1H3. The summed E-state index contributed by atoms with van der Waals surface area (Å²) in [7, 11) is 0. The summed E-state index contributed by atoms with van der Waals surface area (Å²) < 4.78 is 16.9. The van der Waals surface area contributed by atoms with Crippen molar-refractivity contribution in [1.82, 2.24) is 5.01 Å². The summed E-state index contributed by atoms with van der Waals surface area (Å²) >= 11 is 2.70. The molecule has 2 aliphatic rings. The highest BCUT2D eigenvalue weighted by Gasteiger charge is 2.36. The van der Waals surface area contributed by atoms with E-state index in [0.717, 1.165) is 17.1 Å². The first kappa shape index (κ1) is 21.4. The second-order valence-corrected chi connectivity index (χ2v) is 9.11. The Balaban J connectivity index is 1.27. The number of aryl methyl sites for hydroxylation is 1. The molecular formula is C23H18N4O4S2. The predicted molar refractivity (Wildman–Crippen MR) is 129 cm³/mol. The number of fused-ring (bicyclic) bond motifs is 1. The van der Waals surface area contributed by atoms with Crippen LogP contribution in [-0.4, -0.2) is 33.6 Å². The fourth-order valence-corrected chi connectivity index (χ4v) is 4.68. The minimum absolute atomic E-state index is 0.0513. The topological polar surface area (TPSA) is 104 Å². The lowest BCUT2D eigenvalue weighted by Gasteiger charge is -2.19. The number of nitrogens with zero attached hydrogens (tertiary/aromatic N) is 3. The number of hydrazone groups is 1. The lowest BCUT2D eigenvalue weighted by atomic mass is 10.1. The van der Waals surface area contributed by atoms with Crippen molar-refractivity contribution in [1.29, 1.82) is 5.41 Å². The van der Waals surface area contributed by atoms with Crippen LogP contribution in [0.15, 0.2) is 84.4 Å². The van der Waals surface area contributed by atoms with E-state index in [1.807, 2.05) is 49.4 Å². The van der Waals surface area contributed by atoms with Crippen LogP contribution in [0.2, 0.25) is 0 Å². The van der Waals surface area contributed by atoms with Crippen LogP contribution in [-0.2, 0) is 10.5 Å². The van der Waals surface area contributed by atoms with Crippen LogP contribution in [0.1, 0.15) is 17.1 Å². The zero-order valence-electron chi connectivity index (χ0n) is 17.5. The Hall–Kier alpha value is -3.50. The van der Waals surface area contributed by atoms with Gasteiger partial charge in [-0.1, -0.05) is 30.0 Å². The number of carbonyl (C=O) groups is 1. The fraction of sp³-hybridized carbons (Fsp3) is 0.130. The number of carbonyl (C=O) groups excluding carboxylic acids is 1. The SMILES string of the molecule is Cc1ccccc1OCC1=NN2C(=N)C(=Cc3ccc(SCc4ccco4)o3)C(=O)N=C2S1. The van der Waals surface area contributed by atoms with Crippen LogP contribution >= 0.6 is 23.5 Å². The second-order valence-electron chi connectivity index (χ2n) is 7.09. The molecule has 1 N–H and O–H groups in total. The van der Waals surface area contributed by atoms with Crippen LogP contribution in [0.3, 0.4) is 0 Å². The molecule has 10 heteroatoms. The van der Waals surface area contributed by atoms with Crippen molar-refractivity contribution in [3.05, 3.63) is 77.5 Å². The van der Waals surface area contributed by atoms with E-state index in [4.69, 9.17) is 19.0 Å². The Kier molecular flexibility index (Phi) is 5.93. The highest BCUT2D eigenvalue weighted by atomic mass is 32.2. The molecule has 8 nitrogen and oxygen atoms in total. The van der Waals surface area contributed by atoms with Crippen molar-refractivity contribution >= 4 is 51.6 Å². The van der Waals surface area contributed by atoms with Gasteiger partial charge in [-0.2, -0.15) is 15.1 Å². The van der Waals surface area contributed by atoms with Gasteiger partial charge in [-0.3, -0.25) is 10.2 Å². The molecule has 0 aliphatic carbocycles. The first-order chi connectivity index (χ1) is 16.1. The molecule has 5 rings (SSSR count). The molecular weight excluding hydrogens is 460 g/mol. The van der Waals surface area contributed by atoms with Gasteiger partial charge in [0.25, 0.3) is 5.91 Å². The number of hydrogen-bond donors (Lipinski definition) is 1. The molecule has 4 heterocycles. The number of amidine groups is 2. The number of ether oxygens (including phenoxy) is 1. The zero-order chi connectivity index (χ0) is 22.8. The van der Waals surface area contributed by atoms with E-state index in [1.165, 1.54) is 34.6 Å². The smallest absolute Gasteiger partial charge is 0.283 e. The summed E-state index contributed by atoms with van der Waals surface area (Å²) in [5.41, 5.74) is 1.13. The molecule has 0 radical (unpaired) electrons. The molecule has 3 aromatic rings. The Labute approximate surface area is 197 Å². The summed E-state index contributed by atoms with van der Waals surface area (Å²) in [6, 6.07) is 15.0. The van der Waals surface area contributed by atoms with Gasteiger partial charge in [0.05, 0.1) is 17.6 Å².